The molecule has 1 aliphatic carbocycles. The van der Waals surface area contributed by atoms with Crippen molar-refractivity contribution < 1.29 is 14.3 Å². The van der Waals surface area contributed by atoms with Crippen LogP contribution in [0.5, 0.6) is 11.5 Å². The molecule has 0 saturated heterocycles. The summed E-state index contributed by atoms with van der Waals surface area (Å²) in [4.78, 5) is 34.4. The minimum absolute atomic E-state index is 0.0154. The highest BCUT2D eigenvalue weighted by molar-refractivity contribution is 7.98. The second-order valence-corrected chi connectivity index (χ2v) is 11.5. The number of hydrogen-bond acceptors (Lipinski definition) is 7. The van der Waals surface area contributed by atoms with E-state index in [1.807, 2.05) is 12.1 Å². The summed E-state index contributed by atoms with van der Waals surface area (Å²) in [6.07, 6.45) is 4.43. The first-order valence-corrected chi connectivity index (χ1v) is 13.7. The molecule has 0 atom stereocenters. The van der Waals surface area contributed by atoms with E-state index in [1.165, 1.54) is 10.4 Å². The van der Waals surface area contributed by atoms with E-state index < -0.39 is 0 Å². The molecule has 3 aromatic rings. The molecule has 180 valence electrons. The van der Waals surface area contributed by atoms with E-state index >= 15 is 0 Å². The van der Waals surface area contributed by atoms with Crippen molar-refractivity contribution in [2.75, 3.05) is 18.9 Å². The van der Waals surface area contributed by atoms with Crippen LogP contribution in [0.2, 0.25) is 0 Å². The van der Waals surface area contributed by atoms with Crippen LogP contribution in [-0.4, -0.2) is 40.4 Å². The van der Waals surface area contributed by atoms with Gasteiger partial charge in [0, 0.05) is 29.0 Å². The van der Waals surface area contributed by atoms with E-state index in [1.54, 1.807) is 23.1 Å². The maximum atomic E-state index is 12.5. The molecule has 9 heteroatoms. The minimum atomic E-state index is -0.216. The molecule has 0 spiro atoms. The third kappa shape index (κ3) is 4.95. The van der Waals surface area contributed by atoms with Gasteiger partial charge in [0.05, 0.1) is 17.7 Å². The van der Waals surface area contributed by atoms with E-state index in [2.05, 4.69) is 35.2 Å². The minimum Gasteiger partial charge on any atom is -0.488 e. The Morgan fingerprint density at radius 3 is 3.12 bits per heavy atom. The number of benzene rings is 1. The van der Waals surface area contributed by atoms with Gasteiger partial charge in [-0.2, -0.15) is 11.8 Å². The molecular formula is C25H29N3O4S2. The zero-order valence-corrected chi connectivity index (χ0v) is 21.1. The second-order valence-electron chi connectivity index (χ2n) is 9.33. The Labute approximate surface area is 206 Å². The van der Waals surface area contributed by atoms with Gasteiger partial charge in [-0.1, -0.05) is 12.1 Å². The molecule has 0 unspecified atom stereocenters. The number of aromatic amines is 1. The first-order chi connectivity index (χ1) is 16.4. The zero-order valence-electron chi connectivity index (χ0n) is 19.5. The van der Waals surface area contributed by atoms with E-state index in [9.17, 15) is 9.59 Å². The average Bonchev–Trinajstić information content (AvgIpc) is 3.45. The van der Waals surface area contributed by atoms with Crippen molar-refractivity contribution in [3.63, 3.8) is 0 Å². The van der Waals surface area contributed by atoms with Crippen molar-refractivity contribution in [3.05, 3.63) is 50.4 Å². The number of fused-ring (bicyclic) bond motifs is 4. The Morgan fingerprint density at radius 2 is 2.24 bits per heavy atom. The number of H-pyrrole nitrogens is 1. The third-order valence-corrected chi connectivity index (χ3v) is 8.23. The number of thiophene rings is 1. The van der Waals surface area contributed by atoms with Gasteiger partial charge in [0.25, 0.3) is 5.56 Å². The number of ether oxygens (including phenoxy) is 2. The lowest BCUT2D eigenvalue weighted by Crippen LogP contribution is -2.28. The lowest BCUT2D eigenvalue weighted by Gasteiger charge is -2.18. The number of aryl methyl sites for hydroxylation is 2. The fourth-order valence-corrected chi connectivity index (χ4v) is 6.67. The number of para-hydroxylation sites is 1. The smallest absolute Gasteiger partial charge is 0.259 e. The number of carbonyl (C=O) groups is 1. The van der Waals surface area contributed by atoms with Crippen molar-refractivity contribution in [3.8, 4) is 11.5 Å². The molecule has 0 radical (unpaired) electrons. The summed E-state index contributed by atoms with van der Waals surface area (Å²) in [7, 11) is 0. The van der Waals surface area contributed by atoms with E-state index in [4.69, 9.17) is 9.47 Å². The number of amides is 1. The van der Waals surface area contributed by atoms with Crippen LogP contribution in [0.15, 0.2) is 23.0 Å². The molecule has 0 fully saturated rings. The third-order valence-electron chi connectivity index (χ3n) is 6.07. The van der Waals surface area contributed by atoms with Gasteiger partial charge in [-0.15, -0.1) is 11.3 Å². The van der Waals surface area contributed by atoms with Crippen LogP contribution < -0.4 is 20.3 Å². The first kappa shape index (κ1) is 23.2. The van der Waals surface area contributed by atoms with E-state index in [0.717, 1.165) is 53.0 Å². The lowest BCUT2D eigenvalue weighted by atomic mass is 10.0. The molecule has 34 heavy (non-hydrogen) atoms. The molecule has 1 aliphatic heterocycles. The Hall–Kier alpha value is -2.52. The monoisotopic (exact) mass is 499 g/mol. The molecule has 0 bridgehead atoms. The van der Waals surface area contributed by atoms with Gasteiger partial charge in [-0.25, -0.2) is 4.98 Å². The van der Waals surface area contributed by atoms with Gasteiger partial charge in [0.2, 0.25) is 5.91 Å². The summed E-state index contributed by atoms with van der Waals surface area (Å²) in [5, 5.41) is 3.68. The van der Waals surface area contributed by atoms with Gasteiger partial charge in [0.1, 0.15) is 22.9 Å². The number of nitrogens with one attached hydrogen (secondary N) is 2. The summed E-state index contributed by atoms with van der Waals surface area (Å²) >= 11 is 3.25. The number of carbonyl (C=O) groups excluding carboxylic acids is 1. The highest BCUT2D eigenvalue weighted by Crippen LogP contribution is 2.41. The summed E-state index contributed by atoms with van der Waals surface area (Å²) in [6, 6.07) is 5.93. The topological polar surface area (TPSA) is 93.3 Å². The van der Waals surface area contributed by atoms with E-state index in [0.29, 0.717) is 36.9 Å². The molecular weight excluding hydrogens is 470 g/mol. The van der Waals surface area contributed by atoms with Gasteiger partial charge < -0.3 is 19.8 Å². The number of aromatic nitrogens is 2. The highest BCUT2D eigenvalue weighted by Gasteiger charge is 2.32. The quantitative estimate of drug-likeness (QED) is 0.432. The maximum absolute atomic E-state index is 12.5. The molecule has 7 nitrogen and oxygen atoms in total. The normalized spacial score (nSPS) is 15.7. The van der Waals surface area contributed by atoms with Crippen LogP contribution in [0, 0.1) is 0 Å². The standard InChI is InChI=1S/C25H29N3O4S2/c1-25(2)13-15-5-3-7-17(22(15)32-25)31-11-10-26-20(29)9-12-33-14-19-27-23(30)21-16-6-4-8-18(16)34-24(21)28-19/h3,5,7H,4,6,8-14H2,1-2H3,(H,26,29)(H,27,28,30). The maximum Gasteiger partial charge on any atom is 0.259 e. The molecule has 5 rings (SSSR count). The van der Waals surface area contributed by atoms with Gasteiger partial charge in [-0.05, 0) is 44.7 Å². The molecule has 3 heterocycles. The Kier molecular flexibility index (Phi) is 6.57. The molecule has 0 saturated carbocycles. The first-order valence-electron chi connectivity index (χ1n) is 11.7. The number of nitrogens with zero attached hydrogens (tertiary/aromatic N) is 1. The molecule has 2 N–H and O–H groups in total. The molecule has 2 aromatic heterocycles. The summed E-state index contributed by atoms with van der Waals surface area (Å²) < 4.78 is 11.9. The van der Waals surface area contributed by atoms with Crippen LogP contribution in [0.3, 0.4) is 0 Å². The highest BCUT2D eigenvalue weighted by atomic mass is 32.2. The molecule has 1 aromatic carbocycles. The van der Waals surface area contributed by atoms with Crippen LogP contribution in [-0.2, 0) is 29.8 Å². The predicted molar refractivity (Wildman–Crippen MR) is 136 cm³/mol. The Bertz CT molecular complexity index is 1280. The summed E-state index contributed by atoms with van der Waals surface area (Å²) in [5.41, 5.74) is 2.10. The zero-order chi connectivity index (χ0) is 23.7. The fraction of sp³-hybridized carbons (Fsp3) is 0.480. The molecule has 2 aliphatic rings. The van der Waals surface area contributed by atoms with Crippen LogP contribution in [0.25, 0.3) is 10.2 Å². The van der Waals surface area contributed by atoms with Gasteiger partial charge in [0.15, 0.2) is 11.5 Å². The SMILES string of the molecule is CC1(C)Cc2cccc(OCCNC(=O)CCSCc3nc4sc5c(c4c(=O)[nH]3)CCC5)c2O1. The summed E-state index contributed by atoms with van der Waals surface area (Å²) in [5.74, 6) is 3.44. The number of hydrogen-bond donors (Lipinski definition) is 2. The summed E-state index contributed by atoms with van der Waals surface area (Å²) in [6.45, 7) is 4.95. The van der Waals surface area contributed by atoms with Crippen molar-refractivity contribution in [1.82, 2.24) is 15.3 Å². The lowest BCUT2D eigenvalue weighted by molar-refractivity contribution is -0.120. The van der Waals surface area contributed by atoms with Crippen LogP contribution in [0.4, 0.5) is 0 Å². The van der Waals surface area contributed by atoms with Crippen LogP contribution >= 0.6 is 23.1 Å². The van der Waals surface area contributed by atoms with Crippen molar-refractivity contribution in [1.29, 1.82) is 0 Å². The van der Waals surface area contributed by atoms with Crippen molar-refractivity contribution >= 4 is 39.2 Å². The predicted octanol–water partition coefficient (Wildman–Crippen LogP) is 4.01. The van der Waals surface area contributed by atoms with Crippen LogP contribution in [0.1, 0.15) is 48.5 Å². The molecule has 1 amide bonds. The van der Waals surface area contributed by atoms with Crippen molar-refractivity contribution in [2.45, 2.75) is 57.3 Å². The fourth-order valence-electron chi connectivity index (χ4n) is 4.59. The Balaban J connectivity index is 1.03. The van der Waals surface area contributed by atoms with Gasteiger partial charge in [-0.3, -0.25) is 9.59 Å². The van der Waals surface area contributed by atoms with Crippen molar-refractivity contribution in [2.24, 2.45) is 0 Å². The Morgan fingerprint density at radius 1 is 1.35 bits per heavy atom. The number of thioether (sulfide) groups is 1. The second kappa shape index (κ2) is 9.62. The van der Waals surface area contributed by atoms with Gasteiger partial charge >= 0.3 is 0 Å². The largest absolute Gasteiger partial charge is 0.488 e. The van der Waals surface area contributed by atoms with E-state index in [-0.39, 0.29) is 17.1 Å². The average molecular weight is 500 g/mol. The number of rotatable bonds is 9.